The van der Waals surface area contributed by atoms with Crippen LogP contribution in [0, 0.1) is 0 Å². The first-order chi connectivity index (χ1) is 10.2. The Hall–Kier alpha value is 3.28. The molecule has 0 bridgehead atoms. The van der Waals surface area contributed by atoms with E-state index in [0.29, 0.717) is 0 Å². The van der Waals surface area contributed by atoms with E-state index >= 15 is 0 Å². The predicted molar refractivity (Wildman–Crippen MR) is 133 cm³/mol. The lowest BCUT2D eigenvalue weighted by atomic mass is 9.80. The molecule has 2 rings (SSSR count). The number of halogens is 9. The quantitative estimate of drug-likeness (QED) is 0.260. The first-order valence-electron chi connectivity index (χ1n) is 6.19. The second-order valence-electron chi connectivity index (χ2n) is 5.30. The van der Waals surface area contributed by atoms with Gasteiger partial charge in [0.25, 0.3) is 0 Å². The molecule has 0 heterocycles. The van der Waals surface area contributed by atoms with Gasteiger partial charge in [0.05, 0.1) is 8.65 Å². The highest BCUT2D eigenvalue weighted by Gasteiger charge is 2.72. The van der Waals surface area contributed by atoms with Gasteiger partial charge in [0, 0.05) is 4.48 Å². The maximum atomic E-state index is 3.99. The maximum Gasteiger partial charge on any atom is 0.139 e. The van der Waals surface area contributed by atoms with Crippen LogP contribution in [0.2, 0.25) is 0 Å². The molecule has 0 radical (unpaired) electrons. The van der Waals surface area contributed by atoms with Gasteiger partial charge in [0.2, 0.25) is 0 Å². The molecule has 128 valence electrons. The highest BCUT2D eigenvalue weighted by Crippen LogP contribution is 2.74. The molecule has 1 aromatic rings. The Balaban J connectivity index is 2.76. The van der Waals surface area contributed by atoms with Crippen molar-refractivity contribution in [2.75, 3.05) is 0 Å². The Morgan fingerprint density at radius 2 is 1.30 bits per heavy atom. The molecule has 0 saturated carbocycles. The number of hydrogen-bond acceptors (Lipinski definition) is 0. The van der Waals surface area contributed by atoms with Crippen molar-refractivity contribution in [1.29, 1.82) is 0 Å². The minimum Gasteiger partial charge on any atom is -0.0784 e. The molecule has 0 aliphatic heterocycles. The molecule has 1 aromatic carbocycles. The van der Waals surface area contributed by atoms with E-state index in [4.69, 9.17) is 0 Å². The SMILES string of the molecule is CC(Br)(c1ccccc1)C1(Br)C=C(Br)C(Br)(Br)C(Br)(Br)C1(Br)Br. The molecule has 0 spiro atoms. The molecule has 1 aliphatic carbocycles. The van der Waals surface area contributed by atoms with E-state index in [2.05, 4.69) is 169 Å². The largest absolute Gasteiger partial charge is 0.139 e. The molecular weight excluding hydrogens is 887 g/mol. The summed E-state index contributed by atoms with van der Waals surface area (Å²) in [5, 5.41) is 0. The topological polar surface area (TPSA) is 0 Å². The van der Waals surface area contributed by atoms with Gasteiger partial charge < -0.3 is 0 Å². The summed E-state index contributed by atoms with van der Waals surface area (Å²) in [6.45, 7) is 2.14. The number of benzene rings is 1. The van der Waals surface area contributed by atoms with Crippen LogP contribution in [-0.4, -0.2) is 14.0 Å². The van der Waals surface area contributed by atoms with Crippen molar-refractivity contribution in [1.82, 2.24) is 0 Å². The van der Waals surface area contributed by atoms with Crippen molar-refractivity contribution in [3.8, 4) is 0 Å². The molecule has 0 saturated heterocycles. The average molecular weight is 896 g/mol. The summed E-state index contributed by atoms with van der Waals surface area (Å²) in [6, 6.07) is 10.3. The molecular formula is C14H9Br9. The predicted octanol–water partition coefficient (Wildman–Crippen LogP) is 9.18. The monoisotopic (exact) mass is 887 g/mol. The van der Waals surface area contributed by atoms with Crippen LogP contribution in [-0.2, 0) is 4.32 Å². The lowest BCUT2D eigenvalue weighted by Crippen LogP contribution is -2.65. The maximum absolute atomic E-state index is 3.99. The Labute approximate surface area is 211 Å². The Kier molecular flexibility index (Phi) is 7.13. The first kappa shape index (κ1) is 22.6. The fourth-order valence-corrected chi connectivity index (χ4v) is 10.9. The van der Waals surface area contributed by atoms with E-state index < -0.39 is 18.3 Å². The van der Waals surface area contributed by atoms with Gasteiger partial charge in [0.15, 0.2) is 0 Å². The molecule has 0 fully saturated rings. The van der Waals surface area contributed by atoms with Crippen LogP contribution in [0.4, 0.5) is 0 Å². The van der Waals surface area contributed by atoms with Crippen LogP contribution >= 0.6 is 143 Å². The summed E-state index contributed by atoms with van der Waals surface area (Å²) in [4.78, 5) is 0. The van der Waals surface area contributed by atoms with Gasteiger partial charge in [-0.15, -0.1) is 0 Å². The summed E-state index contributed by atoms with van der Waals surface area (Å²) < 4.78 is -1.91. The molecule has 2 unspecified atom stereocenters. The summed E-state index contributed by atoms with van der Waals surface area (Å²) in [5.41, 5.74) is 1.14. The summed E-state index contributed by atoms with van der Waals surface area (Å²) in [7, 11) is 0. The Bertz CT molecular complexity index is 633. The molecule has 0 amide bonds. The van der Waals surface area contributed by atoms with Gasteiger partial charge in [-0.25, -0.2) is 0 Å². The summed E-state index contributed by atoms with van der Waals surface area (Å²) in [6.07, 6.45) is 2.13. The van der Waals surface area contributed by atoms with E-state index in [-0.39, 0.29) is 0 Å². The van der Waals surface area contributed by atoms with E-state index in [9.17, 15) is 0 Å². The third-order valence-electron chi connectivity index (χ3n) is 3.87. The minimum absolute atomic E-state index is 0.434. The van der Waals surface area contributed by atoms with Gasteiger partial charge in [-0.3, -0.25) is 0 Å². The fraction of sp³-hybridized carbons (Fsp3) is 0.429. The number of alkyl halides is 8. The highest BCUT2D eigenvalue weighted by molar-refractivity contribution is 9.33. The Morgan fingerprint density at radius 1 is 0.826 bits per heavy atom. The van der Waals surface area contributed by atoms with Gasteiger partial charge in [-0.05, 0) is 12.5 Å². The van der Waals surface area contributed by atoms with E-state index in [0.717, 1.165) is 10.0 Å². The van der Waals surface area contributed by atoms with Crippen molar-refractivity contribution < 1.29 is 0 Å². The lowest BCUT2D eigenvalue weighted by molar-refractivity contribution is 0.490. The zero-order chi connectivity index (χ0) is 17.9. The van der Waals surface area contributed by atoms with E-state index in [1.54, 1.807) is 0 Å². The van der Waals surface area contributed by atoms with E-state index in [1.807, 2.05) is 18.2 Å². The van der Waals surface area contributed by atoms with Crippen molar-refractivity contribution in [2.24, 2.45) is 0 Å². The van der Waals surface area contributed by atoms with Crippen LogP contribution < -0.4 is 0 Å². The third kappa shape index (κ3) is 3.32. The first-order valence-corrected chi connectivity index (χ1v) is 13.3. The van der Waals surface area contributed by atoms with Crippen LogP contribution in [0.5, 0.6) is 0 Å². The number of allylic oxidation sites excluding steroid dienone is 2. The minimum atomic E-state index is -0.641. The Morgan fingerprint density at radius 3 is 1.78 bits per heavy atom. The standard InChI is InChI=1S/C14H9Br9/c1-10(16,8-5-3-2-4-6-8)11(17)7-9(15)12(18,19)14(22,23)13(11,20)21/h2-7H,1H3. The molecule has 0 aromatic heterocycles. The van der Waals surface area contributed by atoms with Crippen molar-refractivity contribution >= 4 is 143 Å². The number of hydrogen-bond donors (Lipinski definition) is 0. The molecule has 9 heteroatoms. The highest BCUT2D eigenvalue weighted by atomic mass is 79.9. The van der Waals surface area contributed by atoms with Gasteiger partial charge in [-0.2, -0.15) is 0 Å². The van der Waals surface area contributed by atoms with Gasteiger partial charge in [0.1, 0.15) is 9.70 Å². The zero-order valence-electron chi connectivity index (χ0n) is 11.4. The van der Waals surface area contributed by atoms with Crippen molar-refractivity contribution in [3.63, 3.8) is 0 Å². The van der Waals surface area contributed by atoms with Crippen molar-refractivity contribution in [3.05, 3.63) is 46.5 Å². The fourth-order valence-electron chi connectivity index (χ4n) is 2.32. The van der Waals surface area contributed by atoms with Crippen LogP contribution in [0.3, 0.4) is 0 Å². The lowest BCUT2D eigenvalue weighted by Gasteiger charge is -2.58. The summed E-state index contributed by atoms with van der Waals surface area (Å²) >= 11 is 34.6. The van der Waals surface area contributed by atoms with Gasteiger partial charge >= 0.3 is 0 Å². The smallest absolute Gasteiger partial charge is 0.0784 e. The molecule has 1 aliphatic rings. The summed E-state index contributed by atoms with van der Waals surface area (Å²) in [5.74, 6) is 0. The second kappa shape index (κ2) is 7.27. The molecule has 0 N–H and O–H groups in total. The number of rotatable bonds is 2. The molecule has 0 nitrogen and oxygen atoms in total. The van der Waals surface area contributed by atoms with E-state index in [1.165, 1.54) is 0 Å². The van der Waals surface area contributed by atoms with Crippen molar-refractivity contribution in [2.45, 2.75) is 25.3 Å². The average Bonchev–Trinajstić information content (AvgIpc) is 2.46. The molecule has 23 heavy (non-hydrogen) atoms. The second-order valence-corrected chi connectivity index (χ2v) is 19.3. The zero-order valence-corrected chi connectivity index (χ0v) is 25.6. The molecule has 2 atom stereocenters. The van der Waals surface area contributed by atoms with Gasteiger partial charge in [-0.1, -0.05) is 180 Å². The van der Waals surface area contributed by atoms with Crippen LogP contribution in [0.25, 0.3) is 0 Å². The van der Waals surface area contributed by atoms with Crippen LogP contribution in [0.1, 0.15) is 12.5 Å². The third-order valence-corrected chi connectivity index (χ3v) is 21.2. The van der Waals surface area contributed by atoms with Crippen LogP contribution in [0.15, 0.2) is 40.9 Å². The normalized spacial score (nSPS) is 31.1.